The Morgan fingerprint density at radius 2 is 1.03 bits per heavy atom. The van der Waals surface area contributed by atoms with E-state index in [2.05, 4.69) is 50.2 Å². The summed E-state index contributed by atoms with van der Waals surface area (Å²) in [5, 5.41) is 0. The van der Waals surface area contributed by atoms with Gasteiger partial charge in [-0.05, 0) is 127 Å². The first-order valence-electron chi connectivity index (χ1n) is 13.8. The normalized spacial score (nSPS) is 17.2. The smallest absolute Gasteiger partial charge is 0.130 e. The van der Waals surface area contributed by atoms with Gasteiger partial charge in [-0.2, -0.15) is 0 Å². The highest BCUT2D eigenvalue weighted by molar-refractivity contribution is 5.47. The van der Waals surface area contributed by atoms with Gasteiger partial charge in [0.05, 0.1) is 0 Å². The zero-order valence-corrected chi connectivity index (χ0v) is 22.5. The number of ether oxygens (including phenoxy) is 2. The topological polar surface area (TPSA) is 70.5 Å². The van der Waals surface area contributed by atoms with Crippen LogP contribution in [0.3, 0.4) is 0 Å². The highest BCUT2D eigenvalue weighted by Crippen LogP contribution is 2.43. The lowest BCUT2D eigenvalue weighted by atomic mass is 9.75. The minimum Gasteiger partial charge on any atom is -0.457 e. The van der Waals surface area contributed by atoms with Crippen LogP contribution in [0.15, 0.2) is 84.9 Å². The second kappa shape index (κ2) is 11.6. The van der Waals surface area contributed by atoms with Gasteiger partial charge in [0, 0.05) is 11.4 Å². The molecule has 2 atom stereocenters. The van der Waals surface area contributed by atoms with E-state index in [1.54, 1.807) is 0 Å². The molecule has 196 valence electrons. The molecule has 0 bridgehead atoms. The average molecular weight is 507 g/mol. The van der Waals surface area contributed by atoms with Crippen molar-refractivity contribution in [2.24, 2.45) is 0 Å². The molecule has 1 aliphatic carbocycles. The second-order valence-corrected chi connectivity index (χ2v) is 10.3. The van der Waals surface area contributed by atoms with Crippen molar-refractivity contribution in [2.45, 2.75) is 64.2 Å². The molecule has 0 amide bonds. The number of nitrogen functional groups attached to an aromatic ring is 2. The molecule has 4 heteroatoms. The van der Waals surface area contributed by atoms with Crippen LogP contribution in [-0.4, -0.2) is 0 Å². The Kier molecular flexibility index (Phi) is 7.88. The first kappa shape index (κ1) is 25.7. The predicted molar refractivity (Wildman–Crippen MR) is 157 cm³/mol. The van der Waals surface area contributed by atoms with Gasteiger partial charge in [0.1, 0.15) is 23.0 Å². The van der Waals surface area contributed by atoms with Gasteiger partial charge >= 0.3 is 0 Å². The lowest BCUT2D eigenvalue weighted by Gasteiger charge is -2.31. The molecular formula is C34H38N2O2. The first-order valence-corrected chi connectivity index (χ1v) is 13.8. The lowest BCUT2D eigenvalue weighted by Crippen LogP contribution is -2.13. The fourth-order valence-electron chi connectivity index (χ4n) is 5.58. The van der Waals surface area contributed by atoms with Crippen LogP contribution in [-0.2, 0) is 12.8 Å². The van der Waals surface area contributed by atoms with E-state index in [0.29, 0.717) is 11.8 Å². The van der Waals surface area contributed by atoms with Gasteiger partial charge in [-0.3, -0.25) is 0 Å². The summed E-state index contributed by atoms with van der Waals surface area (Å²) in [6.07, 6.45) is 6.75. The number of hydrogen-bond donors (Lipinski definition) is 2. The van der Waals surface area contributed by atoms with Gasteiger partial charge in [0.2, 0.25) is 0 Å². The number of hydrogen-bond acceptors (Lipinski definition) is 4. The van der Waals surface area contributed by atoms with Gasteiger partial charge < -0.3 is 20.9 Å². The number of nitrogens with two attached hydrogens (primary N) is 2. The molecule has 0 aromatic heterocycles. The van der Waals surface area contributed by atoms with Crippen LogP contribution >= 0.6 is 0 Å². The molecule has 1 fully saturated rings. The van der Waals surface area contributed by atoms with Crippen LogP contribution in [0.2, 0.25) is 0 Å². The summed E-state index contributed by atoms with van der Waals surface area (Å²) in [6, 6.07) is 28.7. The number of rotatable bonds is 8. The summed E-state index contributed by atoms with van der Waals surface area (Å²) in [4.78, 5) is 0. The number of benzene rings is 4. The van der Waals surface area contributed by atoms with Crippen LogP contribution in [0, 0.1) is 0 Å². The number of aryl methyl sites for hydroxylation is 2. The fourth-order valence-corrected chi connectivity index (χ4v) is 5.58. The standard InChI is InChI=1S/C34H38N2O2/c1-3-23-20-27(8-18-33(23)37-31-14-10-29(35)11-15-31)25-6-5-7-26(22-25)28-9-19-34(24(4-2)21-28)38-32-16-12-30(36)13-17-32/h8-21,25-26H,3-7,22,35-36H2,1-2H3. The van der Waals surface area contributed by atoms with E-state index in [4.69, 9.17) is 20.9 Å². The first-order chi connectivity index (χ1) is 18.5. The summed E-state index contributed by atoms with van der Waals surface area (Å²) < 4.78 is 12.4. The molecule has 5 rings (SSSR count). The van der Waals surface area contributed by atoms with E-state index in [-0.39, 0.29) is 0 Å². The van der Waals surface area contributed by atoms with Crippen molar-refractivity contribution >= 4 is 11.4 Å². The maximum Gasteiger partial charge on any atom is 0.130 e. The number of anilines is 2. The average Bonchev–Trinajstić information content (AvgIpc) is 2.96. The minimum absolute atomic E-state index is 0.556. The summed E-state index contributed by atoms with van der Waals surface area (Å²) in [6.45, 7) is 4.39. The molecule has 0 spiro atoms. The van der Waals surface area contributed by atoms with E-state index >= 15 is 0 Å². The Morgan fingerprint density at radius 3 is 1.42 bits per heavy atom. The van der Waals surface area contributed by atoms with Crippen molar-refractivity contribution in [3.63, 3.8) is 0 Å². The molecule has 0 radical (unpaired) electrons. The Balaban J connectivity index is 1.31. The molecular weight excluding hydrogens is 468 g/mol. The predicted octanol–water partition coefficient (Wildman–Crippen LogP) is 9.00. The van der Waals surface area contributed by atoms with E-state index in [1.165, 1.54) is 47.9 Å². The summed E-state index contributed by atoms with van der Waals surface area (Å²) in [5.41, 5.74) is 18.5. The second-order valence-electron chi connectivity index (χ2n) is 10.3. The summed E-state index contributed by atoms with van der Waals surface area (Å²) in [7, 11) is 0. The van der Waals surface area contributed by atoms with Crippen molar-refractivity contribution in [3.8, 4) is 23.0 Å². The van der Waals surface area contributed by atoms with Crippen molar-refractivity contribution < 1.29 is 9.47 Å². The van der Waals surface area contributed by atoms with Crippen LogP contribution in [0.4, 0.5) is 11.4 Å². The van der Waals surface area contributed by atoms with E-state index in [1.807, 2.05) is 48.5 Å². The quantitative estimate of drug-likeness (QED) is 0.234. The van der Waals surface area contributed by atoms with E-state index in [0.717, 1.165) is 47.2 Å². The van der Waals surface area contributed by atoms with Gasteiger partial charge in [-0.15, -0.1) is 0 Å². The third-order valence-corrected chi connectivity index (χ3v) is 7.76. The van der Waals surface area contributed by atoms with Gasteiger partial charge in [0.25, 0.3) is 0 Å². The zero-order chi connectivity index (χ0) is 26.5. The minimum atomic E-state index is 0.556. The Bertz CT molecular complexity index is 1260. The third-order valence-electron chi connectivity index (χ3n) is 7.76. The van der Waals surface area contributed by atoms with Crippen molar-refractivity contribution in [1.82, 2.24) is 0 Å². The van der Waals surface area contributed by atoms with Crippen LogP contribution in [0.5, 0.6) is 23.0 Å². The van der Waals surface area contributed by atoms with E-state index in [9.17, 15) is 0 Å². The van der Waals surface area contributed by atoms with Crippen LogP contribution < -0.4 is 20.9 Å². The van der Waals surface area contributed by atoms with E-state index < -0.39 is 0 Å². The molecule has 1 aliphatic rings. The van der Waals surface area contributed by atoms with Crippen LogP contribution in [0.25, 0.3) is 0 Å². The third kappa shape index (κ3) is 5.96. The molecule has 0 aliphatic heterocycles. The van der Waals surface area contributed by atoms with Crippen LogP contribution in [0.1, 0.15) is 73.6 Å². The van der Waals surface area contributed by atoms with Gasteiger partial charge in [-0.1, -0.05) is 44.5 Å². The van der Waals surface area contributed by atoms with Gasteiger partial charge in [-0.25, -0.2) is 0 Å². The molecule has 0 heterocycles. The Labute approximate surface area is 226 Å². The molecule has 38 heavy (non-hydrogen) atoms. The molecule has 4 aromatic rings. The maximum atomic E-state index is 6.20. The monoisotopic (exact) mass is 506 g/mol. The van der Waals surface area contributed by atoms with Crippen molar-refractivity contribution in [2.75, 3.05) is 11.5 Å². The highest BCUT2D eigenvalue weighted by Gasteiger charge is 2.25. The molecule has 4 aromatic carbocycles. The largest absolute Gasteiger partial charge is 0.457 e. The molecule has 1 saturated carbocycles. The summed E-state index contributed by atoms with van der Waals surface area (Å²) >= 11 is 0. The molecule has 2 unspecified atom stereocenters. The molecule has 0 saturated heterocycles. The fraction of sp³-hybridized carbons (Fsp3) is 0.294. The Morgan fingerprint density at radius 1 is 0.605 bits per heavy atom. The SMILES string of the molecule is CCc1cc(C2CCCC(c3ccc(Oc4ccc(N)cc4)c(CC)c3)C2)ccc1Oc1ccc(N)cc1. The zero-order valence-electron chi connectivity index (χ0n) is 22.5. The van der Waals surface area contributed by atoms with Crippen molar-refractivity contribution in [3.05, 3.63) is 107 Å². The molecule has 4 nitrogen and oxygen atoms in total. The Hall–Kier alpha value is -3.92. The van der Waals surface area contributed by atoms with Crippen molar-refractivity contribution in [1.29, 1.82) is 0 Å². The molecule has 4 N–H and O–H groups in total. The summed E-state index contributed by atoms with van der Waals surface area (Å²) in [5.74, 6) is 4.60. The maximum absolute atomic E-state index is 6.20. The lowest BCUT2D eigenvalue weighted by molar-refractivity contribution is 0.392. The van der Waals surface area contributed by atoms with Gasteiger partial charge in [0.15, 0.2) is 0 Å². The highest BCUT2D eigenvalue weighted by atomic mass is 16.5.